The van der Waals surface area contributed by atoms with Gasteiger partial charge in [0, 0.05) is 44.6 Å². The third-order valence-electron chi connectivity index (χ3n) is 6.75. The van der Waals surface area contributed by atoms with Crippen molar-refractivity contribution >= 4 is 11.8 Å². The van der Waals surface area contributed by atoms with Crippen molar-refractivity contribution in [1.82, 2.24) is 9.80 Å². The van der Waals surface area contributed by atoms with E-state index in [1.54, 1.807) is 0 Å². The van der Waals surface area contributed by atoms with E-state index in [0.29, 0.717) is 38.1 Å². The molecule has 5 nitrogen and oxygen atoms in total. The Balaban J connectivity index is 1.51. The Morgan fingerprint density at radius 3 is 2.35 bits per heavy atom. The van der Waals surface area contributed by atoms with Gasteiger partial charge in [-0.3, -0.25) is 9.59 Å². The van der Waals surface area contributed by atoms with Crippen LogP contribution >= 0.6 is 0 Å². The molecule has 2 fully saturated rings. The molecule has 2 aromatic rings. The lowest BCUT2D eigenvalue weighted by molar-refractivity contribution is -0.165. The van der Waals surface area contributed by atoms with Crippen molar-refractivity contribution in [2.45, 2.75) is 51.2 Å². The predicted molar refractivity (Wildman–Crippen MR) is 121 cm³/mol. The second-order valence-electron chi connectivity index (χ2n) is 8.60. The first-order valence-electron chi connectivity index (χ1n) is 11.4. The van der Waals surface area contributed by atoms with Crippen LogP contribution in [-0.2, 0) is 9.53 Å². The maximum absolute atomic E-state index is 13.9. The monoisotopic (exact) mass is 420 g/mol. The topological polar surface area (TPSA) is 49.9 Å². The van der Waals surface area contributed by atoms with Crippen LogP contribution in [0.2, 0.25) is 0 Å². The Morgan fingerprint density at radius 1 is 1.00 bits per heavy atom. The molecule has 2 aromatic carbocycles. The third kappa shape index (κ3) is 4.24. The predicted octanol–water partition coefficient (Wildman–Crippen LogP) is 4.37. The van der Waals surface area contributed by atoms with E-state index < -0.39 is 5.60 Å². The van der Waals surface area contributed by atoms with E-state index in [4.69, 9.17) is 4.74 Å². The zero-order chi connectivity index (χ0) is 21.8. The summed E-state index contributed by atoms with van der Waals surface area (Å²) in [4.78, 5) is 30.6. The summed E-state index contributed by atoms with van der Waals surface area (Å²) in [6, 6.07) is 17.8. The Morgan fingerprint density at radius 2 is 1.68 bits per heavy atom. The van der Waals surface area contributed by atoms with E-state index in [0.717, 1.165) is 19.4 Å². The molecule has 0 spiro atoms. The highest BCUT2D eigenvalue weighted by molar-refractivity contribution is 5.94. The van der Waals surface area contributed by atoms with Crippen molar-refractivity contribution in [3.8, 4) is 0 Å². The summed E-state index contributed by atoms with van der Waals surface area (Å²) in [5, 5.41) is 0. The zero-order valence-electron chi connectivity index (χ0n) is 18.5. The number of rotatable bonds is 5. The largest absolute Gasteiger partial charge is 0.365 e. The van der Waals surface area contributed by atoms with E-state index in [2.05, 4.69) is 25.1 Å². The van der Waals surface area contributed by atoms with Crippen LogP contribution in [0.5, 0.6) is 0 Å². The van der Waals surface area contributed by atoms with Crippen molar-refractivity contribution in [1.29, 1.82) is 0 Å². The standard InChI is InChI=1S/C26H32N2O3/c1-3-31-26(15-18-27(19-16-26)24(29)21-11-5-4-6-12-21)25(30)28-17-9-14-23(28)22-13-8-7-10-20(22)2/h4-8,10-13,23H,3,9,14-19H2,1-2H3. The normalized spacial score (nSPS) is 20.6. The summed E-state index contributed by atoms with van der Waals surface area (Å²) in [6.07, 6.45) is 3.06. The maximum Gasteiger partial charge on any atom is 0.255 e. The van der Waals surface area contributed by atoms with Gasteiger partial charge in [-0.1, -0.05) is 42.5 Å². The molecule has 1 atom stereocenters. The van der Waals surface area contributed by atoms with Gasteiger partial charge < -0.3 is 14.5 Å². The molecule has 2 heterocycles. The van der Waals surface area contributed by atoms with Crippen LogP contribution in [0.25, 0.3) is 0 Å². The van der Waals surface area contributed by atoms with Gasteiger partial charge in [0.2, 0.25) is 0 Å². The first kappa shape index (κ1) is 21.6. The van der Waals surface area contributed by atoms with E-state index in [1.165, 1.54) is 11.1 Å². The molecule has 2 saturated heterocycles. The molecule has 1 unspecified atom stereocenters. The van der Waals surface area contributed by atoms with Crippen LogP contribution in [0, 0.1) is 6.92 Å². The van der Waals surface area contributed by atoms with Crippen LogP contribution in [0.3, 0.4) is 0 Å². The van der Waals surface area contributed by atoms with E-state index in [1.807, 2.05) is 53.1 Å². The number of amides is 2. The summed E-state index contributed by atoms with van der Waals surface area (Å²) in [7, 11) is 0. The van der Waals surface area contributed by atoms with Gasteiger partial charge in [-0.2, -0.15) is 0 Å². The van der Waals surface area contributed by atoms with Gasteiger partial charge in [-0.25, -0.2) is 0 Å². The van der Waals surface area contributed by atoms with Crippen LogP contribution in [0.15, 0.2) is 54.6 Å². The highest BCUT2D eigenvalue weighted by Crippen LogP contribution is 2.38. The number of hydrogen-bond acceptors (Lipinski definition) is 3. The highest BCUT2D eigenvalue weighted by atomic mass is 16.5. The molecule has 0 saturated carbocycles. The number of nitrogens with zero attached hydrogens (tertiary/aromatic N) is 2. The molecule has 164 valence electrons. The highest BCUT2D eigenvalue weighted by Gasteiger charge is 2.48. The quantitative estimate of drug-likeness (QED) is 0.722. The fourth-order valence-electron chi connectivity index (χ4n) is 5.09. The molecule has 0 radical (unpaired) electrons. The molecule has 2 aliphatic rings. The first-order chi connectivity index (χ1) is 15.1. The van der Waals surface area contributed by atoms with Gasteiger partial charge >= 0.3 is 0 Å². The first-order valence-corrected chi connectivity index (χ1v) is 11.4. The van der Waals surface area contributed by atoms with Gasteiger partial charge in [-0.05, 0) is 49.9 Å². The molecular weight excluding hydrogens is 388 g/mol. The lowest BCUT2D eigenvalue weighted by atomic mass is 9.88. The smallest absolute Gasteiger partial charge is 0.255 e. The molecule has 31 heavy (non-hydrogen) atoms. The SMILES string of the molecule is CCOC1(C(=O)N2CCCC2c2ccccc2C)CCN(C(=O)c2ccccc2)CC1. The van der Waals surface area contributed by atoms with Crippen LogP contribution in [0.4, 0.5) is 0 Å². The molecule has 5 heteroatoms. The molecule has 0 N–H and O–H groups in total. The second kappa shape index (κ2) is 9.23. The summed E-state index contributed by atoms with van der Waals surface area (Å²) in [6.45, 7) is 6.37. The summed E-state index contributed by atoms with van der Waals surface area (Å²) in [5.74, 6) is 0.115. The Hall–Kier alpha value is -2.66. The van der Waals surface area contributed by atoms with Gasteiger partial charge in [0.1, 0.15) is 5.60 Å². The van der Waals surface area contributed by atoms with Gasteiger partial charge in [0.25, 0.3) is 11.8 Å². The summed E-state index contributed by atoms with van der Waals surface area (Å²) < 4.78 is 6.16. The van der Waals surface area contributed by atoms with E-state index in [9.17, 15) is 9.59 Å². The van der Waals surface area contributed by atoms with Crippen molar-refractivity contribution in [3.05, 3.63) is 71.3 Å². The van der Waals surface area contributed by atoms with Crippen LogP contribution in [-0.4, -0.2) is 53.5 Å². The number of piperidine rings is 1. The molecule has 4 rings (SSSR count). The van der Waals surface area contributed by atoms with Crippen molar-refractivity contribution < 1.29 is 14.3 Å². The average Bonchev–Trinajstić information content (AvgIpc) is 3.29. The molecule has 0 aliphatic carbocycles. The lowest BCUT2D eigenvalue weighted by Crippen LogP contribution is -2.57. The van der Waals surface area contributed by atoms with Crippen molar-refractivity contribution in [2.24, 2.45) is 0 Å². The average molecular weight is 421 g/mol. The number of hydrogen-bond donors (Lipinski definition) is 0. The molecule has 0 aromatic heterocycles. The number of carbonyl (C=O) groups excluding carboxylic acids is 2. The summed E-state index contributed by atoms with van der Waals surface area (Å²) in [5.41, 5.74) is 2.31. The number of likely N-dealkylation sites (tertiary alicyclic amines) is 2. The molecule has 0 bridgehead atoms. The zero-order valence-corrected chi connectivity index (χ0v) is 18.5. The molecule has 2 amide bonds. The van der Waals surface area contributed by atoms with Crippen molar-refractivity contribution in [2.75, 3.05) is 26.2 Å². The molecule has 2 aliphatic heterocycles. The van der Waals surface area contributed by atoms with Gasteiger partial charge in [0.15, 0.2) is 0 Å². The lowest BCUT2D eigenvalue weighted by Gasteiger charge is -2.43. The number of carbonyl (C=O) groups is 2. The Bertz CT molecular complexity index is 919. The third-order valence-corrected chi connectivity index (χ3v) is 6.75. The fraction of sp³-hybridized carbons (Fsp3) is 0.462. The summed E-state index contributed by atoms with van der Waals surface area (Å²) >= 11 is 0. The Labute approximate surface area is 185 Å². The number of aryl methyl sites for hydroxylation is 1. The maximum atomic E-state index is 13.9. The van der Waals surface area contributed by atoms with Gasteiger partial charge in [0.05, 0.1) is 6.04 Å². The minimum atomic E-state index is -0.840. The fourth-order valence-corrected chi connectivity index (χ4v) is 5.09. The van der Waals surface area contributed by atoms with E-state index >= 15 is 0 Å². The number of ether oxygens (including phenoxy) is 1. The van der Waals surface area contributed by atoms with E-state index in [-0.39, 0.29) is 17.9 Å². The molecular formula is C26H32N2O3. The minimum Gasteiger partial charge on any atom is -0.365 e. The van der Waals surface area contributed by atoms with Crippen LogP contribution in [0.1, 0.15) is 60.1 Å². The Kier molecular flexibility index (Phi) is 6.42. The van der Waals surface area contributed by atoms with Crippen LogP contribution < -0.4 is 0 Å². The number of benzene rings is 2. The second-order valence-corrected chi connectivity index (χ2v) is 8.60. The van der Waals surface area contributed by atoms with Gasteiger partial charge in [-0.15, -0.1) is 0 Å². The minimum absolute atomic E-state index is 0.0251. The van der Waals surface area contributed by atoms with Crippen molar-refractivity contribution in [3.63, 3.8) is 0 Å².